The van der Waals surface area contributed by atoms with Crippen LogP contribution in [0.15, 0.2) is 47.4 Å². The monoisotopic (exact) mass is 360 g/mol. The van der Waals surface area contributed by atoms with Crippen molar-refractivity contribution in [1.29, 1.82) is 0 Å². The normalized spacial score (nSPS) is 16.6. The van der Waals surface area contributed by atoms with E-state index in [0.717, 1.165) is 23.2 Å². The van der Waals surface area contributed by atoms with Gasteiger partial charge in [-0.3, -0.25) is 0 Å². The van der Waals surface area contributed by atoms with Crippen molar-refractivity contribution >= 4 is 21.7 Å². The molecule has 0 aromatic heterocycles. The Morgan fingerprint density at radius 3 is 2.72 bits per heavy atom. The molecule has 2 N–H and O–H groups in total. The molecule has 0 fully saturated rings. The zero-order chi connectivity index (χ0) is 18.2. The fraction of sp³-hybridized carbons (Fsp3) is 0.278. The van der Waals surface area contributed by atoms with E-state index in [9.17, 15) is 13.2 Å². The molecule has 0 radical (unpaired) electrons. The van der Waals surface area contributed by atoms with Crippen molar-refractivity contribution < 1.29 is 17.9 Å². The maximum Gasteiger partial charge on any atom is 0.337 e. The van der Waals surface area contributed by atoms with Crippen LogP contribution in [0.2, 0.25) is 0 Å². The smallest absolute Gasteiger partial charge is 0.337 e. The predicted octanol–water partition coefficient (Wildman–Crippen LogP) is 2.07. The Labute approximate surface area is 147 Å². The number of carbonyl (C=O) groups is 1. The fourth-order valence-corrected chi connectivity index (χ4v) is 3.76. The van der Waals surface area contributed by atoms with Gasteiger partial charge >= 0.3 is 5.97 Å². The fourth-order valence-electron chi connectivity index (χ4n) is 3.20. The van der Waals surface area contributed by atoms with Gasteiger partial charge in [-0.2, -0.15) is 0 Å². The van der Waals surface area contributed by atoms with E-state index in [0.29, 0.717) is 12.1 Å². The molecule has 1 aliphatic rings. The Balaban J connectivity index is 1.89. The minimum Gasteiger partial charge on any atom is -0.465 e. The molecule has 2 aromatic rings. The summed E-state index contributed by atoms with van der Waals surface area (Å²) in [7, 11) is -2.35. The minimum absolute atomic E-state index is 0.132. The predicted molar refractivity (Wildman–Crippen MR) is 94.9 cm³/mol. The molecule has 0 saturated carbocycles. The largest absolute Gasteiger partial charge is 0.465 e. The molecule has 0 saturated heterocycles. The van der Waals surface area contributed by atoms with Crippen molar-refractivity contribution in [3.8, 4) is 0 Å². The molecule has 2 aromatic carbocycles. The number of fused-ring (bicyclic) bond motifs is 1. The van der Waals surface area contributed by atoms with Crippen molar-refractivity contribution in [2.75, 3.05) is 12.0 Å². The zero-order valence-electron chi connectivity index (χ0n) is 14.1. The maximum atomic E-state index is 11.7. The topological polar surface area (TPSA) is 89.7 Å². The summed E-state index contributed by atoms with van der Waals surface area (Å²) in [6.45, 7) is 2.70. The van der Waals surface area contributed by atoms with E-state index in [2.05, 4.69) is 11.8 Å². The van der Waals surface area contributed by atoms with Gasteiger partial charge in [-0.15, -0.1) is 0 Å². The number of carbonyl (C=O) groups excluding carboxylic acids is 1. The number of methoxy groups -OCH3 is 1. The van der Waals surface area contributed by atoms with Crippen LogP contribution in [0, 0.1) is 0 Å². The summed E-state index contributed by atoms with van der Waals surface area (Å²) in [5.74, 6) is -0.366. The van der Waals surface area contributed by atoms with E-state index in [4.69, 9.17) is 9.88 Å². The molecule has 6 nitrogen and oxygen atoms in total. The Morgan fingerprint density at radius 2 is 2.04 bits per heavy atom. The molecule has 1 aliphatic heterocycles. The first-order valence-corrected chi connectivity index (χ1v) is 9.44. The average Bonchev–Trinajstić information content (AvgIpc) is 2.88. The van der Waals surface area contributed by atoms with E-state index in [-0.39, 0.29) is 16.9 Å². The van der Waals surface area contributed by atoms with Crippen molar-refractivity contribution in [3.05, 3.63) is 59.2 Å². The number of nitrogens with zero attached hydrogens (tertiary/aromatic N) is 1. The number of ether oxygens (including phenoxy) is 1. The van der Waals surface area contributed by atoms with Gasteiger partial charge in [-0.1, -0.05) is 12.1 Å². The first-order chi connectivity index (χ1) is 11.8. The third-order valence-electron chi connectivity index (χ3n) is 4.44. The van der Waals surface area contributed by atoms with Crippen LogP contribution in [0.25, 0.3) is 0 Å². The number of hydrogen-bond donors (Lipinski definition) is 1. The molecule has 0 aliphatic carbocycles. The Kier molecular flexibility index (Phi) is 4.53. The lowest BCUT2D eigenvalue weighted by Crippen LogP contribution is -2.28. The standard InChI is InChI=1S/C18H20N2O4S/c1-12-8-15-10-16(25(19,22)23)6-7-17(15)20(12)11-13-4-3-5-14(9-13)18(21)24-2/h3-7,9-10,12H,8,11H2,1-2H3,(H2,19,22,23). The Morgan fingerprint density at radius 1 is 1.28 bits per heavy atom. The van der Waals surface area contributed by atoms with Gasteiger partial charge in [0, 0.05) is 18.3 Å². The van der Waals surface area contributed by atoms with E-state index in [1.807, 2.05) is 18.2 Å². The van der Waals surface area contributed by atoms with Crippen LogP contribution < -0.4 is 10.0 Å². The molecule has 3 rings (SSSR count). The van der Waals surface area contributed by atoms with Crippen molar-refractivity contribution in [2.24, 2.45) is 5.14 Å². The van der Waals surface area contributed by atoms with Crippen LogP contribution in [0.1, 0.15) is 28.4 Å². The van der Waals surface area contributed by atoms with E-state index in [1.54, 1.807) is 18.2 Å². The highest BCUT2D eigenvalue weighted by molar-refractivity contribution is 7.89. The second-order valence-corrected chi connectivity index (χ2v) is 7.77. The van der Waals surface area contributed by atoms with Crippen LogP contribution >= 0.6 is 0 Å². The molecule has 132 valence electrons. The molecular formula is C18H20N2O4S. The van der Waals surface area contributed by atoms with Crippen molar-refractivity contribution in [3.63, 3.8) is 0 Å². The molecule has 7 heteroatoms. The molecule has 25 heavy (non-hydrogen) atoms. The lowest BCUT2D eigenvalue weighted by molar-refractivity contribution is 0.0600. The van der Waals surface area contributed by atoms with Crippen LogP contribution in [-0.4, -0.2) is 27.5 Å². The second kappa shape index (κ2) is 6.50. The van der Waals surface area contributed by atoms with Crippen LogP contribution in [0.3, 0.4) is 0 Å². The van der Waals surface area contributed by atoms with Crippen molar-refractivity contribution in [1.82, 2.24) is 0 Å². The summed E-state index contributed by atoms with van der Waals surface area (Å²) in [5.41, 5.74) is 3.45. The lowest BCUT2D eigenvalue weighted by atomic mass is 10.1. The average molecular weight is 360 g/mol. The van der Waals surface area contributed by atoms with Crippen LogP contribution in [0.4, 0.5) is 5.69 Å². The molecule has 0 bridgehead atoms. The molecule has 1 unspecified atom stereocenters. The Bertz CT molecular complexity index is 924. The third-order valence-corrected chi connectivity index (χ3v) is 5.35. The van der Waals surface area contributed by atoms with Gasteiger partial charge in [0.05, 0.1) is 17.6 Å². The van der Waals surface area contributed by atoms with Gasteiger partial charge in [-0.25, -0.2) is 18.4 Å². The number of rotatable bonds is 4. The first-order valence-electron chi connectivity index (χ1n) is 7.89. The molecule has 1 heterocycles. The molecule has 0 amide bonds. The third kappa shape index (κ3) is 3.52. The number of benzene rings is 2. The van der Waals surface area contributed by atoms with Gasteiger partial charge in [0.1, 0.15) is 0 Å². The SMILES string of the molecule is COC(=O)c1cccc(CN2c3ccc(S(N)(=O)=O)cc3CC2C)c1. The van der Waals surface area contributed by atoms with E-state index < -0.39 is 10.0 Å². The second-order valence-electron chi connectivity index (χ2n) is 6.21. The number of primary sulfonamides is 1. The van der Waals surface area contributed by atoms with Gasteiger partial charge < -0.3 is 9.64 Å². The summed E-state index contributed by atoms with van der Waals surface area (Å²) < 4.78 is 27.8. The molecule has 1 atom stereocenters. The molecule has 0 spiro atoms. The first kappa shape index (κ1) is 17.4. The van der Waals surface area contributed by atoms with E-state index in [1.165, 1.54) is 13.2 Å². The highest BCUT2D eigenvalue weighted by Gasteiger charge is 2.27. The highest BCUT2D eigenvalue weighted by Crippen LogP contribution is 2.34. The van der Waals surface area contributed by atoms with Crippen molar-refractivity contribution in [2.45, 2.75) is 30.8 Å². The Hall–Kier alpha value is -2.38. The number of sulfonamides is 1. The van der Waals surface area contributed by atoms with E-state index >= 15 is 0 Å². The maximum absolute atomic E-state index is 11.7. The molecular weight excluding hydrogens is 340 g/mol. The number of hydrogen-bond acceptors (Lipinski definition) is 5. The van der Waals surface area contributed by atoms with Gasteiger partial charge in [0.15, 0.2) is 0 Å². The van der Waals surface area contributed by atoms with Gasteiger partial charge in [-0.05, 0) is 54.8 Å². The van der Waals surface area contributed by atoms with Crippen LogP contribution in [0.5, 0.6) is 0 Å². The minimum atomic E-state index is -3.71. The zero-order valence-corrected chi connectivity index (χ0v) is 14.9. The summed E-state index contributed by atoms with van der Waals surface area (Å²) in [4.78, 5) is 14.0. The van der Waals surface area contributed by atoms with Gasteiger partial charge in [0.25, 0.3) is 0 Å². The summed E-state index contributed by atoms with van der Waals surface area (Å²) in [6.07, 6.45) is 0.745. The number of nitrogens with two attached hydrogens (primary N) is 1. The van der Waals surface area contributed by atoms with Crippen LogP contribution in [-0.2, 0) is 27.7 Å². The summed E-state index contributed by atoms with van der Waals surface area (Å²) in [6, 6.07) is 12.5. The summed E-state index contributed by atoms with van der Waals surface area (Å²) in [5, 5.41) is 5.22. The quantitative estimate of drug-likeness (QED) is 0.843. The number of anilines is 1. The lowest BCUT2D eigenvalue weighted by Gasteiger charge is -2.25. The summed E-state index contributed by atoms with van der Waals surface area (Å²) >= 11 is 0. The highest BCUT2D eigenvalue weighted by atomic mass is 32.2. The number of esters is 1. The van der Waals surface area contributed by atoms with Gasteiger partial charge in [0.2, 0.25) is 10.0 Å².